The van der Waals surface area contributed by atoms with Crippen LogP contribution in [0.15, 0.2) is 67.0 Å². The highest BCUT2D eigenvalue weighted by Crippen LogP contribution is 2.41. The van der Waals surface area contributed by atoms with Gasteiger partial charge in [0.1, 0.15) is 28.6 Å². The van der Waals surface area contributed by atoms with Gasteiger partial charge in [0.2, 0.25) is 0 Å². The van der Waals surface area contributed by atoms with Crippen LogP contribution in [-0.2, 0) is 0 Å². The van der Waals surface area contributed by atoms with E-state index in [9.17, 15) is 35.1 Å². The first-order chi connectivity index (χ1) is 16.1. The van der Waals surface area contributed by atoms with Gasteiger partial charge in [-0.05, 0) is 42.8 Å². The van der Waals surface area contributed by atoms with Crippen LogP contribution in [0.4, 0.5) is 0 Å². The molecule has 172 valence electrons. The first kappa shape index (κ1) is 22.3. The molecule has 0 saturated heterocycles. The summed E-state index contributed by atoms with van der Waals surface area (Å²) in [6.07, 6.45) is 2.85. The van der Waals surface area contributed by atoms with Crippen molar-refractivity contribution in [2.75, 3.05) is 0 Å². The minimum absolute atomic E-state index is 0.00482. The Balaban J connectivity index is 1.83. The molecule has 0 radical (unpaired) electrons. The first-order valence-corrected chi connectivity index (χ1v) is 9.88. The fraction of sp³-hybridized carbons (Fsp3) is 0.0400. The SMILES string of the molecule is Cc1cc(=O)cc(-c2cc(O)c(O)cc2-c2c(O)cc(/C=C/c3ccc(O)c(O)c3)oc2=O)o1. The molecule has 5 N–H and O–H groups in total. The van der Waals surface area contributed by atoms with Crippen LogP contribution in [0.1, 0.15) is 17.1 Å². The molecule has 0 fully saturated rings. The number of phenolic OH excluding ortho intramolecular Hbond substituents is 4. The average Bonchev–Trinajstić information content (AvgIpc) is 2.75. The lowest BCUT2D eigenvalue weighted by atomic mass is 9.97. The lowest BCUT2D eigenvalue weighted by Crippen LogP contribution is -2.06. The van der Waals surface area contributed by atoms with Gasteiger partial charge in [0.05, 0.1) is 0 Å². The predicted octanol–water partition coefficient (Wildman–Crippen LogP) is 3.93. The minimum atomic E-state index is -0.963. The molecule has 0 aliphatic carbocycles. The van der Waals surface area contributed by atoms with E-state index in [1.54, 1.807) is 6.92 Å². The number of aryl methyl sites for hydroxylation is 1. The van der Waals surface area contributed by atoms with Crippen molar-refractivity contribution in [1.82, 2.24) is 0 Å². The van der Waals surface area contributed by atoms with Gasteiger partial charge in [0.15, 0.2) is 28.4 Å². The molecule has 0 amide bonds. The molecular formula is C25H18O9. The zero-order valence-electron chi connectivity index (χ0n) is 17.6. The third kappa shape index (κ3) is 4.35. The Morgan fingerprint density at radius 2 is 1.35 bits per heavy atom. The summed E-state index contributed by atoms with van der Waals surface area (Å²) in [4.78, 5) is 24.8. The third-order valence-electron chi connectivity index (χ3n) is 4.93. The Morgan fingerprint density at radius 3 is 2.00 bits per heavy atom. The number of aromatic hydroxyl groups is 5. The van der Waals surface area contributed by atoms with E-state index in [4.69, 9.17) is 8.83 Å². The highest BCUT2D eigenvalue weighted by molar-refractivity contribution is 5.86. The third-order valence-corrected chi connectivity index (χ3v) is 4.93. The van der Waals surface area contributed by atoms with Gasteiger partial charge in [-0.3, -0.25) is 4.79 Å². The van der Waals surface area contributed by atoms with Crippen LogP contribution in [0, 0.1) is 6.92 Å². The molecule has 2 aromatic carbocycles. The Bertz CT molecular complexity index is 1560. The van der Waals surface area contributed by atoms with Crippen molar-refractivity contribution in [3.05, 3.63) is 86.3 Å². The van der Waals surface area contributed by atoms with Crippen LogP contribution in [0.3, 0.4) is 0 Å². The van der Waals surface area contributed by atoms with E-state index in [0.717, 1.165) is 24.3 Å². The summed E-state index contributed by atoms with van der Waals surface area (Å²) < 4.78 is 10.8. The molecule has 0 spiro atoms. The standard InChI is InChI=1S/C25H18O9/c1-12-6-14(26)8-23(33-12)16-10-20(29)21(30)11-17(16)24-22(31)9-15(34-25(24)32)4-2-13-3-5-18(27)19(28)7-13/h2-11,27-31H,1H3/b4-2+. The van der Waals surface area contributed by atoms with Gasteiger partial charge in [0, 0.05) is 29.3 Å². The normalized spacial score (nSPS) is 11.2. The van der Waals surface area contributed by atoms with Gasteiger partial charge in [-0.1, -0.05) is 12.1 Å². The summed E-state index contributed by atoms with van der Waals surface area (Å²) in [7, 11) is 0. The van der Waals surface area contributed by atoms with E-state index in [0.29, 0.717) is 5.56 Å². The molecule has 4 aromatic rings. The molecule has 2 heterocycles. The second kappa shape index (κ2) is 8.55. The monoisotopic (exact) mass is 462 g/mol. The topological polar surface area (TPSA) is 162 Å². The molecule has 4 rings (SSSR count). The molecule has 2 aromatic heterocycles. The van der Waals surface area contributed by atoms with Crippen molar-refractivity contribution in [1.29, 1.82) is 0 Å². The van der Waals surface area contributed by atoms with E-state index in [-0.39, 0.29) is 50.9 Å². The van der Waals surface area contributed by atoms with E-state index >= 15 is 0 Å². The quantitative estimate of drug-likeness (QED) is 0.283. The number of phenols is 4. The molecule has 0 unspecified atom stereocenters. The minimum Gasteiger partial charge on any atom is -0.507 e. The van der Waals surface area contributed by atoms with Gasteiger partial charge in [0.25, 0.3) is 0 Å². The van der Waals surface area contributed by atoms with Gasteiger partial charge < -0.3 is 34.4 Å². The second-order valence-corrected chi connectivity index (χ2v) is 7.43. The Morgan fingerprint density at radius 1 is 0.676 bits per heavy atom. The zero-order valence-corrected chi connectivity index (χ0v) is 17.6. The maximum Gasteiger partial charge on any atom is 0.347 e. The van der Waals surface area contributed by atoms with Crippen LogP contribution < -0.4 is 11.1 Å². The lowest BCUT2D eigenvalue weighted by Gasteiger charge is -2.12. The Hall–Kier alpha value is -4.92. The number of hydrogen-bond donors (Lipinski definition) is 5. The largest absolute Gasteiger partial charge is 0.507 e. The van der Waals surface area contributed by atoms with Crippen LogP contribution in [-0.4, -0.2) is 25.5 Å². The van der Waals surface area contributed by atoms with Gasteiger partial charge in [-0.2, -0.15) is 0 Å². The van der Waals surface area contributed by atoms with Crippen molar-refractivity contribution < 1.29 is 34.4 Å². The van der Waals surface area contributed by atoms with Crippen molar-refractivity contribution in [2.24, 2.45) is 0 Å². The van der Waals surface area contributed by atoms with Crippen LogP contribution in [0.25, 0.3) is 34.6 Å². The maximum atomic E-state index is 12.8. The maximum absolute atomic E-state index is 12.8. The highest BCUT2D eigenvalue weighted by atomic mass is 16.4. The Kier molecular flexibility index (Phi) is 5.60. The molecule has 0 aliphatic heterocycles. The van der Waals surface area contributed by atoms with Crippen LogP contribution in [0.5, 0.6) is 28.7 Å². The van der Waals surface area contributed by atoms with Crippen LogP contribution in [0.2, 0.25) is 0 Å². The smallest absolute Gasteiger partial charge is 0.347 e. The predicted molar refractivity (Wildman–Crippen MR) is 123 cm³/mol. The van der Waals surface area contributed by atoms with Gasteiger partial charge in [-0.25, -0.2) is 4.79 Å². The number of hydrogen-bond acceptors (Lipinski definition) is 9. The highest BCUT2D eigenvalue weighted by Gasteiger charge is 2.21. The van der Waals surface area contributed by atoms with Crippen LogP contribution >= 0.6 is 0 Å². The van der Waals surface area contributed by atoms with E-state index < -0.39 is 22.9 Å². The van der Waals surface area contributed by atoms with E-state index in [1.807, 2.05) is 0 Å². The molecule has 0 bridgehead atoms. The summed E-state index contributed by atoms with van der Waals surface area (Å²) in [5.74, 6) is -1.95. The summed E-state index contributed by atoms with van der Waals surface area (Å²) in [6.45, 7) is 1.55. The summed E-state index contributed by atoms with van der Waals surface area (Å²) >= 11 is 0. The van der Waals surface area contributed by atoms with Crippen molar-refractivity contribution in [3.8, 4) is 51.2 Å². The lowest BCUT2D eigenvalue weighted by molar-refractivity contribution is 0.403. The molecule has 34 heavy (non-hydrogen) atoms. The van der Waals surface area contributed by atoms with Crippen molar-refractivity contribution in [3.63, 3.8) is 0 Å². The molecule has 0 atom stereocenters. The number of rotatable bonds is 4. The van der Waals surface area contributed by atoms with E-state index in [2.05, 4.69) is 0 Å². The number of benzene rings is 2. The first-order valence-electron chi connectivity index (χ1n) is 9.88. The van der Waals surface area contributed by atoms with Crippen molar-refractivity contribution >= 4 is 12.2 Å². The zero-order chi connectivity index (χ0) is 24.6. The second-order valence-electron chi connectivity index (χ2n) is 7.43. The summed E-state index contributed by atoms with van der Waals surface area (Å²) in [6, 6.07) is 9.80. The Labute approximate surface area is 191 Å². The molecule has 0 saturated carbocycles. The molecule has 9 heteroatoms. The molecular weight excluding hydrogens is 444 g/mol. The summed E-state index contributed by atoms with van der Waals surface area (Å²) in [5, 5.41) is 49.6. The molecule has 9 nitrogen and oxygen atoms in total. The van der Waals surface area contributed by atoms with Gasteiger partial charge >= 0.3 is 5.63 Å². The fourth-order valence-corrected chi connectivity index (χ4v) is 3.38. The summed E-state index contributed by atoms with van der Waals surface area (Å²) in [5.41, 5.74) is -1.14. The van der Waals surface area contributed by atoms with Gasteiger partial charge in [-0.15, -0.1) is 0 Å². The fourth-order valence-electron chi connectivity index (χ4n) is 3.38. The van der Waals surface area contributed by atoms with Crippen molar-refractivity contribution in [2.45, 2.75) is 6.92 Å². The molecule has 0 aliphatic rings. The van der Waals surface area contributed by atoms with E-state index in [1.165, 1.54) is 36.4 Å². The average molecular weight is 462 g/mol.